The highest BCUT2D eigenvalue weighted by atomic mass is 16.2. The molecule has 0 aromatic carbocycles. The van der Waals surface area contributed by atoms with E-state index in [1.54, 1.807) is 0 Å². The minimum Gasteiger partial charge on any atom is -0.341 e. The van der Waals surface area contributed by atoms with E-state index < -0.39 is 5.41 Å². The Kier molecular flexibility index (Phi) is 3.39. The van der Waals surface area contributed by atoms with E-state index in [4.69, 9.17) is 0 Å². The van der Waals surface area contributed by atoms with Gasteiger partial charge in [0.05, 0.1) is 6.07 Å². The molecule has 1 aliphatic heterocycles. The van der Waals surface area contributed by atoms with Crippen LogP contribution in [-0.4, -0.2) is 48.9 Å². The molecule has 1 saturated carbocycles. The summed E-state index contributed by atoms with van der Waals surface area (Å²) in [6, 6.07) is 2.57. The van der Waals surface area contributed by atoms with Crippen LogP contribution in [0.5, 0.6) is 0 Å². The maximum atomic E-state index is 12.3. The monoisotopic (exact) mass is 235 g/mol. The molecule has 2 fully saturated rings. The number of rotatable bonds is 2. The Balaban J connectivity index is 1.98. The van der Waals surface area contributed by atoms with Gasteiger partial charge < -0.3 is 9.80 Å². The molecule has 0 N–H and O–H groups in total. The number of hydrogen-bond acceptors (Lipinski definition) is 3. The molecule has 17 heavy (non-hydrogen) atoms. The first-order valence-electron chi connectivity index (χ1n) is 6.46. The highest BCUT2D eigenvalue weighted by molar-refractivity contribution is 5.86. The summed E-state index contributed by atoms with van der Waals surface area (Å²) in [6.45, 7) is 2.09. The van der Waals surface area contributed by atoms with Crippen LogP contribution in [0.2, 0.25) is 0 Å². The predicted molar refractivity (Wildman–Crippen MR) is 65.2 cm³/mol. The van der Waals surface area contributed by atoms with Gasteiger partial charge >= 0.3 is 0 Å². The van der Waals surface area contributed by atoms with Crippen LogP contribution >= 0.6 is 0 Å². The first-order chi connectivity index (χ1) is 8.09. The van der Waals surface area contributed by atoms with Crippen LogP contribution in [0.3, 0.4) is 0 Å². The van der Waals surface area contributed by atoms with Crippen LogP contribution < -0.4 is 0 Å². The number of nitrogens with zero attached hydrogens (tertiary/aromatic N) is 3. The van der Waals surface area contributed by atoms with Gasteiger partial charge in [0.2, 0.25) is 5.91 Å². The van der Waals surface area contributed by atoms with Gasteiger partial charge in [-0.15, -0.1) is 0 Å². The zero-order valence-electron chi connectivity index (χ0n) is 10.8. The molecule has 94 valence electrons. The maximum absolute atomic E-state index is 12.3. The average molecular weight is 235 g/mol. The average Bonchev–Trinajstić information content (AvgIpc) is 2.28. The van der Waals surface area contributed by atoms with E-state index in [9.17, 15) is 10.1 Å². The van der Waals surface area contributed by atoms with Crippen LogP contribution in [0, 0.1) is 16.7 Å². The predicted octanol–water partition coefficient (Wildman–Crippen LogP) is 1.23. The van der Waals surface area contributed by atoms with E-state index in [0.717, 1.165) is 45.2 Å². The summed E-state index contributed by atoms with van der Waals surface area (Å²) >= 11 is 0. The number of hydrogen-bond donors (Lipinski definition) is 0. The molecule has 0 aromatic rings. The zero-order chi connectivity index (χ0) is 12.5. The van der Waals surface area contributed by atoms with Gasteiger partial charge in [0.1, 0.15) is 5.41 Å². The number of nitriles is 1. The fourth-order valence-corrected chi connectivity index (χ4v) is 2.79. The molecule has 0 aromatic heterocycles. The molecular weight excluding hydrogens is 214 g/mol. The van der Waals surface area contributed by atoms with Crippen molar-refractivity contribution in [2.24, 2.45) is 5.41 Å². The van der Waals surface area contributed by atoms with E-state index in [1.807, 2.05) is 11.9 Å². The molecule has 0 radical (unpaired) electrons. The molecule has 4 nitrogen and oxygen atoms in total. The fourth-order valence-electron chi connectivity index (χ4n) is 2.79. The number of carbonyl (C=O) groups excluding carboxylic acids is 1. The highest BCUT2D eigenvalue weighted by Gasteiger charge is 2.47. The van der Waals surface area contributed by atoms with Crippen LogP contribution in [0.15, 0.2) is 0 Å². The van der Waals surface area contributed by atoms with Crippen molar-refractivity contribution in [2.45, 2.75) is 38.1 Å². The van der Waals surface area contributed by atoms with Crippen molar-refractivity contribution in [3.8, 4) is 6.07 Å². The number of likely N-dealkylation sites (tertiary alicyclic amines) is 1. The lowest BCUT2D eigenvalue weighted by Crippen LogP contribution is -2.51. The third-order valence-electron chi connectivity index (χ3n) is 4.39. The number of carbonyl (C=O) groups is 1. The molecule has 2 rings (SSSR count). The summed E-state index contributed by atoms with van der Waals surface area (Å²) < 4.78 is 0. The van der Waals surface area contributed by atoms with E-state index in [0.29, 0.717) is 6.04 Å². The van der Waals surface area contributed by atoms with Crippen molar-refractivity contribution in [1.29, 1.82) is 5.26 Å². The molecule has 0 unspecified atom stereocenters. The van der Waals surface area contributed by atoms with Crippen molar-refractivity contribution in [2.75, 3.05) is 27.2 Å². The minimum atomic E-state index is -0.682. The van der Waals surface area contributed by atoms with Crippen molar-refractivity contribution >= 4 is 5.91 Å². The van der Waals surface area contributed by atoms with Gasteiger partial charge in [-0.25, -0.2) is 0 Å². The molecule has 0 bridgehead atoms. The quantitative estimate of drug-likeness (QED) is 0.723. The molecule has 4 heteroatoms. The van der Waals surface area contributed by atoms with Crippen molar-refractivity contribution in [3.63, 3.8) is 0 Å². The normalized spacial score (nSPS) is 24.8. The van der Waals surface area contributed by atoms with Crippen molar-refractivity contribution in [1.82, 2.24) is 9.80 Å². The van der Waals surface area contributed by atoms with Gasteiger partial charge in [0.25, 0.3) is 0 Å². The molecule has 1 amide bonds. The Bertz CT molecular complexity index is 335. The molecule has 2 aliphatic rings. The van der Waals surface area contributed by atoms with Crippen molar-refractivity contribution in [3.05, 3.63) is 0 Å². The fraction of sp³-hybridized carbons (Fsp3) is 0.846. The SMILES string of the molecule is CN1CCC(N(C)C(=O)C2(C#N)CCC2)CC1. The summed E-state index contributed by atoms with van der Waals surface area (Å²) in [7, 11) is 3.98. The van der Waals surface area contributed by atoms with Gasteiger partial charge in [0.15, 0.2) is 0 Å². The second-order valence-corrected chi connectivity index (χ2v) is 5.50. The van der Waals surface area contributed by atoms with E-state index in [-0.39, 0.29) is 5.91 Å². The zero-order valence-corrected chi connectivity index (χ0v) is 10.8. The summed E-state index contributed by atoms with van der Waals surface area (Å²) in [5.74, 6) is 0.0563. The second kappa shape index (κ2) is 4.66. The highest BCUT2D eigenvalue weighted by Crippen LogP contribution is 2.42. The standard InChI is InChI=1S/C13H21N3O/c1-15-8-4-11(5-9-15)16(2)12(17)13(10-14)6-3-7-13/h11H,3-9H2,1-2H3. The number of amides is 1. The van der Waals surface area contributed by atoms with E-state index >= 15 is 0 Å². The van der Waals surface area contributed by atoms with E-state index in [2.05, 4.69) is 18.0 Å². The van der Waals surface area contributed by atoms with Gasteiger partial charge in [-0.3, -0.25) is 4.79 Å². The Hall–Kier alpha value is -1.08. The Morgan fingerprint density at radius 1 is 1.41 bits per heavy atom. The molecule has 1 aliphatic carbocycles. The van der Waals surface area contributed by atoms with Gasteiger partial charge in [-0.2, -0.15) is 5.26 Å². The van der Waals surface area contributed by atoms with Crippen LogP contribution in [0.25, 0.3) is 0 Å². The summed E-state index contributed by atoms with van der Waals surface area (Å²) in [6.07, 6.45) is 4.57. The lowest BCUT2D eigenvalue weighted by atomic mass is 9.69. The topological polar surface area (TPSA) is 47.3 Å². The maximum Gasteiger partial charge on any atom is 0.243 e. The van der Waals surface area contributed by atoms with Gasteiger partial charge in [0, 0.05) is 13.1 Å². The van der Waals surface area contributed by atoms with Gasteiger partial charge in [-0.05, 0) is 52.2 Å². The Morgan fingerprint density at radius 3 is 2.41 bits per heavy atom. The van der Waals surface area contributed by atoms with Crippen LogP contribution in [0.4, 0.5) is 0 Å². The molecule has 0 spiro atoms. The summed E-state index contributed by atoms with van der Waals surface area (Å²) in [4.78, 5) is 16.5. The Morgan fingerprint density at radius 2 is 2.00 bits per heavy atom. The van der Waals surface area contributed by atoms with Crippen LogP contribution in [0.1, 0.15) is 32.1 Å². The first-order valence-corrected chi connectivity index (χ1v) is 6.46. The molecule has 0 atom stereocenters. The summed E-state index contributed by atoms with van der Waals surface area (Å²) in [5.41, 5.74) is -0.682. The lowest BCUT2D eigenvalue weighted by Gasteiger charge is -2.41. The minimum absolute atomic E-state index is 0.0563. The second-order valence-electron chi connectivity index (χ2n) is 5.50. The third-order valence-corrected chi connectivity index (χ3v) is 4.39. The Labute approximate surface area is 103 Å². The van der Waals surface area contributed by atoms with Crippen molar-refractivity contribution < 1.29 is 4.79 Å². The molecular formula is C13H21N3O. The molecule has 1 saturated heterocycles. The lowest BCUT2D eigenvalue weighted by molar-refractivity contribution is -0.144. The number of piperidine rings is 1. The third kappa shape index (κ3) is 2.16. The summed E-state index contributed by atoms with van der Waals surface area (Å²) in [5, 5.41) is 9.19. The van der Waals surface area contributed by atoms with Crippen LogP contribution in [-0.2, 0) is 4.79 Å². The largest absolute Gasteiger partial charge is 0.341 e. The molecule has 1 heterocycles. The van der Waals surface area contributed by atoms with E-state index in [1.165, 1.54) is 0 Å². The first kappa shape index (κ1) is 12.4. The smallest absolute Gasteiger partial charge is 0.243 e. The van der Waals surface area contributed by atoms with Gasteiger partial charge in [-0.1, -0.05) is 0 Å².